The largest absolute Gasteiger partial charge is 0.231 e. The summed E-state index contributed by atoms with van der Waals surface area (Å²) < 4.78 is 2.40. The van der Waals surface area contributed by atoms with E-state index < -0.39 is 10.8 Å². The summed E-state index contributed by atoms with van der Waals surface area (Å²) in [6.07, 6.45) is 0. The van der Waals surface area contributed by atoms with Crippen LogP contribution in [0.5, 0.6) is 0 Å². The predicted molar refractivity (Wildman–Crippen MR) is 238 cm³/mol. The van der Waals surface area contributed by atoms with E-state index in [1.807, 2.05) is 0 Å². The molecule has 0 saturated carbocycles. The fourth-order valence-corrected chi connectivity index (χ4v) is 12.4. The summed E-state index contributed by atoms with van der Waals surface area (Å²) in [5.41, 5.74) is 9.76. The molecule has 0 radical (unpaired) electrons. The summed E-state index contributed by atoms with van der Waals surface area (Å²) in [6, 6.07) is 65.6. The van der Waals surface area contributed by atoms with Crippen molar-refractivity contribution in [1.82, 2.24) is 19.9 Å². The Labute approximate surface area is 341 Å². The lowest BCUT2D eigenvalue weighted by Crippen LogP contribution is -2.52. The van der Waals surface area contributed by atoms with Crippen LogP contribution in [0.3, 0.4) is 0 Å². The van der Waals surface area contributed by atoms with E-state index in [4.69, 9.17) is 19.9 Å². The van der Waals surface area contributed by atoms with E-state index in [0.717, 1.165) is 54.6 Å². The van der Waals surface area contributed by atoms with Crippen molar-refractivity contribution < 1.29 is 0 Å². The Morgan fingerprint density at radius 2 is 0.621 bits per heavy atom. The second-order valence-electron chi connectivity index (χ2n) is 15.2. The van der Waals surface area contributed by atoms with E-state index in [1.165, 1.54) is 53.6 Å². The van der Waals surface area contributed by atoms with Gasteiger partial charge in [0.2, 0.25) is 0 Å². The van der Waals surface area contributed by atoms with Crippen LogP contribution in [0.15, 0.2) is 182 Å². The van der Waals surface area contributed by atoms with Crippen molar-refractivity contribution in [2.24, 2.45) is 0 Å². The van der Waals surface area contributed by atoms with Crippen LogP contribution < -0.4 is 0 Å². The van der Waals surface area contributed by atoms with E-state index in [-0.39, 0.29) is 0 Å². The lowest BCUT2D eigenvalue weighted by molar-refractivity contribution is 0.544. The van der Waals surface area contributed by atoms with Crippen molar-refractivity contribution in [3.8, 4) is 22.8 Å². The molecule has 2 bridgehead atoms. The Hall–Kier alpha value is -6.86. The van der Waals surface area contributed by atoms with Gasteiger partial charge in [-0.3, -0.25) is 0 Å². The third-order valence-corrected chi connectivity index (χ3v) is 14.6. The van der Waals surface area contributed by atoms with Crippen LogP contribution in [0.4, 0.5) is 0 Å². The highest BCUT2D eigenvalue weighted by atomic mass is 32.1. The summed E-state index contributed by atoms with van der Waals surface area (Å²) in [5, 5.41) is 4.56. The van der Waals surface area contributed by atoms with Gasteiger partial charge in [0, 0.05) is 42.1 Å². The first-order valence-electron chi connectivity index (χ1n) is 19.6. The summed E-state index contributed by atoms with van der Waals surface area (Å²) in [5.74, 6) is 1.46. The molecule has 4 heterocycles. The highest BCUT2D eigenvalue weighted by Crippen LogP contribution is 2.67. The molecule has 0 atom stereocenters. The van der Waals surface area contributed by atoms with Crippen LogP contribution in [0.2, 0.25) is 0 Å². The molecular formula is C52H30N4S2. The minimum Gasteiger partial charge on any atom is -0.231 e. The monoisotopic (exact) mass is 774 g/mol. The van der Waals surface area contributed by atoms with E-state index in [9.17, 15) is 0 Å². The number of nitrogens with zero attached hydrogens (tertiary/aromatic N) is 4. The highest BCUT2D eigenvalue weighted by molar-refractivity contribution is 7.25. The Bertz CT molecular complexity index is 3130. The van der Waals surface area contributed by atoms with Crippen molar-refractivity contribution >= 4 is 63.3 Å². The molecule has 0 amide bonds. The molecule has 0 saturated heterocycles. The van der Waals surface area contributed by atoms with E-state index in [1.54, 1.807) is 22.7 Å². The average molecular weight is 775 g/mol. The zero-order chi connectivity index (χ0) is 38.0. The molecule has 58 heavy (non-hydrogen) atoms. The van der Waals surface area contributed by atoms with Gasteiger partial charge < -0.3 is 0 Å². The first-order chi connectivity index (χ1) is 28.8. The van der Waals surface area contributed by atoms with Gasteiger partial charge in [0.15, 0.2) is 11.6 Å². The molecule has 7 aromatic carbocycles. The fourth-order valence-electron chi connectivity index (χ4n) is 10.3. The van der Waals surface area contributed by atoms with Gasteiger partial charge in [-0.05, 0) is 45.5 Å². The minimum atomic E-state index is -0.773. The number of benzene rings is 7. The number of hydrogen-bond acceptors (Lipinski definition) is 6. The third-order valence-electron chi connectivity index (χ3n) is 12.5. The number of hydrogen-bond donors (Lipinski definition) is 0. The van der Waals surface area contributed by atoms with Crippen LogP contribution >= 0.6 is 22.7 Å². The maximum Gasteiger partial charge on any atom is 0.161 e. The SMILES string of the molecule is c1ccc(-c2nc(C34c5ccccc5C(c5nc(-c6ccccc6)nc6sc7ccccc7c56)(c5ccccc53)c3ccccc34)c3c(n2)sc2ccccc23)cc1. The number of fused-ring (bicyclic) bond motifs is 6. The van der Waals surface area contributed by atoms with Crippen molar-refractivity contribution in [1.29, 1.82) is 0 Å². The molecule has 14 rings (SSSR count). The van der Waals surface area contributed by atoms with Gasteiger partial charge in [-0.2, -0.15) is 0 Å². The first-order valence-corrected chi connectivity index (χ1v) is 21.2. The number of rotatable bonds is 4. The molecule has 0 unspecified atom stereocenters. The smallest absolute Gasteiger partial charge is 0.161 e. The van der Waals surface area contributed by atoms with E-state index in [0.29, 0.717) is 0 Å². The Balaban J connectivity index is 1.25. The van der Waals surface area contributed by atoms with Gasteiger partial charge in [0.25, 0.3) is 0 Å². The highest BCUT2D eigenvalue weighted by Gasteiger charge is 2.62. The minimum absolute atomic E-state index is 0.730. The quantitative estimate of drug-likeness (QED) is 0.179. The molecule has 0 N–H and O–H groups in total. The Morgan fingerprint density at radius 1 is 0.310 bits per heavy atom. The van der Waals surface area contributed by atoms with Crippen LogP contribution in [0, 0.1) is 0 Å². The molecule has 4 aromatic heterocycles. The van der Waals surface area contributed by atoms with Crippen LogP contribution in [-0.2, 0) is 10.8 Å². The number of aromatic nitrogens is 4. The topological polar surface area (TPSA) is 51.6 Å². The summed E-state index contributed by atoms with van der Waals surface area (Å²) >= 11 is 3.49. The van der Waals surface area contributed by atoms with Crippen LogP contribution in [0.1, 0.15) is 44.8 Å². The molecule has 270 valence electrons. The molecular weight excluding hydrogens is 745 g/mol. The van der Waals surface area contributed by atoms with Crippen molar-refractivity contribution in [2.75, 3.05) is 0 Å². The van der Waals surface area contributed by atoms with Gasteiger partial charge in [-0.15, -0.1) is 22.7 Å². The molecule has 3 aliphatic rings. The molecule has 6 heteroatoms. The molecule has 4 nitrogen and oxygen atoms in total. The summed E-state index contributed by atoms with van der Waals surface area (Å²) in [4.78, 5) is 24.2. The molecule has 0 fully saturated rings. The van der Waals surface area contributed by atoms with E-state index in [2.05, 4.69) is 182 Å². The van der Waals surface area contributed by atoms with Crippen LogP contribution in [0.25, 0.3) is 63.4 Å². The second-order valence-corrected chi connectivity index (χ2v) is 17.3. The zero-order valence-corrected chi connectivity index (χ0v) is 32.6. The third kappa shape index (κ3) is 4.03. The fraction of sp³-hybridized carbons (Fsp3) is 0.0385. The standard InChI is InChI=1S/C52H30N4S2/c1-3-17-31(18-4-1)47-53-45(43-33-21-7-15-29-41(33)57-49(43)55-47)51-35-23-9-12-26-38(35)52(39-27-13-10-24-36(39)51,40-28-14-11-25-37(40)51)46-44-34-22-8-16-30-42(34)58-50(44)56-48(54-46)32-19-5-2-6-20-32/h1-30H. The maximum atomic E-state index is 5.78. The van der Waals surface area contributed by atoms with Crippen molar-refractivity contribution in [2.45, 2.75) is 10.8 Å². The lowest BCUT2D eigenvalue weighted by atomic mass is 9.45. The molecule has 0 spiro atoms. The first kappa shape index (κ1) is 32.2. The summed E-state index contributed by atoms with van der Waals surface area (Å²) in [6.45, 7) is 0. The van der Waals surface area contributed by atoms with Gasteiger partial charge in [-0.1, -0.05) is 170 Å². The predicted octanol–water partition coefficient (Wildman–Crippen LogP) is 12.7. The summed E-state index contributed by atoms with van der Waals surface area (Å²) in [7, 11) is 0. The second kappa shape index (κ2) is 11.8. The Kier molecular flexibility index (Phi) is 6.58. The lowest BCUT2D eigenvalue weighted by Gasteiger charge is -2.56. The zero-order valence-electron chi connectivity index (χ0n) is 30.9. The maximum absolute atomic E-state index is 5.78. The molecule has 11 aromatic rings. The van der Waals surface area contributed by atoms with Gasteiger partial charge in [0.1, 0.15) is 9.66 Å². The van der Waals surface area contributed by atoms with Crippen molar-refractivity contribution in [3.05, 3.63) is 227 Å². The molecule has 0 aliphatic heterocycles. The van der Waals surface area contributed by atoms with Crippen molar-refractivity contribution in [3.63, 3.8) is 0 Å². The van der Waals surface area contributed by atoms with Gasteiger partial charge >= 0.3 is 0 Å². The van der Waals surface area contributed by atoms with Gasteiger partial charge in [0.05, 0.1) is 22.2 Å². The number of thiophene rings is 2. The molecule has 3 aliphatic carbocycles. The Morgan fingerprint density at radius 3 is 0.983 bits per heavy atom. The normalized spacial score (nSPS) is 17.8. The van der Waals surface area contributed by atoms with Gasteiger partial charge in [-0.25, -0.2) is 19.9 Å². The van der Waals surface area contributed by atoms with Crippen LogP contribution in [-0.4, -0.2) is 19.9 Å². The van der Waals surface area contributed by atoms with E-state index >= 15 is 0 Å². The average Bonchev–Trinajstić information content (AvgIpc) is 3.87.